The molecule has 1 amide bonds. The van der Waals surface area contributed by atoms with E-state index in [1.165, 1.54) is 11.3 Å². The summed E-state index contributed by atoms with van der Waals surface area (Å²) in [5.41, 5.74) is 1.42. The van der Waals surface area contributed by atoms with Crippen LogP contribution in [0.4, 0.5) is 5.13 Å². The standard InChI is InChI=1S/C21H22N2O6S/c1-4-28-19(24)11-14-12-30-21(22-14)23-20(25)18-8-6-16(29-18)10-13-9-15(26-2)5-7-17(13)27-3/h5-9,12H,4,10-11H2,1-3H3,(H,22,23,25). The van der Waals surface area contributed by atoms with Crippen LogP contribution in [0.2, 0.25) is 0 Å². The summed E-state index contributed by atoms with van der Waals surface area (Å²) >= 11 is 1.23. The molecule has 1 N–H and O–H groups in total. The third-order valence-electron chi connectivity index (χ3n) is 4.14. The first-order valence-electron chi connectivity index (χ1n) is 9.23. The van der Waals surface area contributed by atoms with Crippen LogP contribution in [0, 0.1) is 0 Å². The second-order valence-corrected chi connectivity index (χ2v) is 7.06. The zero-order valence-corrected chi connectivity index (χ0v) is 17.7. The number of amides is 1. The van der Waals surface area contributed by atoms with Crippen molar-refractivity contribution in [3.05, 3.63) is 58.5 Å². The molecule has 0 atom stereocenters. The number of carbonyl (C=O) groups excluding carboxylic acids is 2. The van der Waals surface area contributed by atoms with Gasteiger partial charge in [-0.3, -0.25) is 14.9 Å². The van der Waals surface area contributed by atoms with Gasteiger partial charge in [0.25, 0.3) is 5.91 Å². The van der Waals surface area contributed by atoms with Crippen molar-refractivity contribution in [1.29, 1.82) is 0 Å². The van der Waals surface area contributed by atoms with E-state index in [0.717, 1.165) is 5.56 Å². The van der Waals surface area contributed by atoms with Gasteiger partial charge in [0.15, 0.2) is 10.9 Å². The van der Waals surface area contributed by atoms with E-state index in [1.807, 2.05) is 18.2 Å². The molecule has 0 aliphatic carbocycles. The van der Waals surface area contributed by atoms with E-state index in [2.05, 4.69) is 10.3 Å². The van der Waals surface area contributed by atoms with Crippen molar-refractivity contribution in [2.24, 2.45) is 0 Å². The lowest BCUT2D eigenvalue weighted by Crippen LogP contribution is -2.11. The Balaban J connectivity index is 1.64. The summed E-state index contributed by atoms with van der Waals surface area (Å²) < 4.78 is 21.2. The molecule has 0 spiro atoms. The number of thiazole rings is 1. The summed E-state index contributed by atoms with van der Waals surface area (Å²) in [5.74, 6) is 1.40. The largest absolute Gasteiger partial charge is 0.497 e. The second kappa shape index (κ2) is 9.93. The van der Waals surface area contributed by atoms with E-state index in [1.54, 1.807) is 38.7 Å². The van der Waals surface area contributed by atoms with E-state index in [4.69, 9.17) is 18.6 Å². The molecule has 0 bridgehead atoms. The van der Waals surface area contributed by atoms with Gasteiger partial charge in [-0.1, -0.05) is 0 Å². The number of benzene rings is 1. The predicted molar refractivity (Wildman–Crippen MR) is 111 cm³/mol. The molecule has 0 saturated carbocycles. The molecule has 2 heterocycles. The normalized spacial score (nSPS) is 10.5. The molecule has 0 aliphatic rings. The molecule has 0 radical (unpaired) electrons. The molecule has 0 aliphatic heterocycles. The third kappa shape index (κ3) is 5.38. The summed E-state index contributed by atoms with van der Waals surface area (Å²) in [6.07, 6.45) is 0.502. The molecule has 3 aromatic rings. The fourth-order valence-electron chi connectivity index (χ4n) is 2.77. The van der Waals surface area contributed by atoms with Crippen molar-refractivity contribution in [3.63, 3.8) is 0 Å². The number of aromatic nitrogens is 1. The van der Waals surface area contributed by atoms with Crippen LogP contribution >= 0.6 is 11.3 Å². The van der Waals surface area contributed by atoms with Crippen molar-refractivity contribution < 1.29 is 28.2 Å². The number of rotatable bonds is 9. The molecule has 0 saturated heterocycles. The van der Waals surface area contributed by atoms with Gasteiger partial charge in [0.2, 0.25) is 0 Å². The maximum Gasteiger partial charge on any atom is 0.311 e. The van der Waals surface area contributed by atoms with Crippen molar-refractivity contribution in [2.75, 3.05) is 26.1 Å². The van der Waals surface area contributed by atoms with Gasteiger partial charge in [0.05, 0.1) is 32.9 Å². The number of nitrogens with one attached hydrogen (secondary N) is 1. The molecule has 30 heavy (non-hydrogen) atoms. The smallest absolute Gasteiger partial charge is 0.311 e. The van der Waals surface area contributed by atoms with Crippen LogP contribution in [-0.4, -0.2) is 37.7 Å². The number of hydrogen-bond donors (Lipinski definition) is 1. The lowest BCUT2D eigenvalue weighted by atomic mass is 10.1. The van der Waals surface area contributed by atoms with E-state index in [-0.39, 0.29) is 18.2 Å². The summed E-state index contributed by atoms with van der Waals surface area (Å²) in [6, 6.07) is 8.84. The van der Waals surface area contributed by atoms with Gasteiger partial charge in [-0.2, -0.15) is 0 Å². The Morgan fingerprint density at radius 2 is 2.00 bits per heavy atom. The molecule has 2 aromatic heterocycles. The van der Waals surface area contributed by atoms with E-state index < -0.39 is 5.91 Å². The van der Waals surface area contributed by atoms with Crippen molar-refractivity contribution in [3.8, 4) is 11.5 Å². The highest BCUT2D eigenvalue weighted by Crippen LogP contribution is 2.27. The van der Waals surface area contributed by atoms with Gasteiger partial charge in [0, 0.05) is 17.4 Å². The van der Waals surface area contributed by atoms with Crippen LogP contribution in [0.1, 0.15) is 34.5 Å². The fraction of sp³-hybridized carbons (Fsp3) is 0.286. The highest BCUT2D eigenvalue weighted by atomic mass is 32.1. The molecule has 9 heteroatoms. The fourth-order valence-corrected chi connectivity index (χ4v) is 3.47. The predicted octanol–water partition coefficient (Wildman–Crippen LogP) is 3.70. The Bertz CT molecular complexity index is 1030. The van der Waals surface area contributed by atoms with Gasteiger partial charge >= 0.3 is 5.97 Å². The minimum atomic E-state index is -0.420. The minimum absolute atomic E-state index is 0.0630. The Morgan fingerprint density at radius 1 is 1.17 bits per heavy atom. The van der Waals surface area contributed by atoms with Crippen LogP contribution in [-0.2, 0) is 22.4 Å². The van der Waals surface area contributed by atoms with Crippen LogP contribution in [0.3, 0.4) is 0 Å². The molecular weight excluding hydrogens is 408 g/mol. The third-order valence-corrected chi connectivity index (χ3v) is 4.95. The average molecular weight is 430 g/mol. The van der Waals surface area contributed by atoms with E-state index in [0.29, 0.717) is 41.1 Å². The Morgan fingerprint density at radius 3 is 2.73 bits per heavy atom. The van der Waals surface area contributed by atoms with Crippen LogP contribution in [0.5, 0.6) is 11.5 Å². The molecule has 1 aromatic carbocycles. The monoisotopic (exact) mass is 430 g/mol. The van der Waals surface area contributed by atoms with Gasteiger partial charge in [-0.15, -0.1) is 11.3 Å². The summed E-state index contributed by atoms with van der Waals surface area (Å²) in [7, 11) is 3.19. The first kappa shape index (κ1) is 21.4. The molecular formula is C21H22N2O6S. The topological polar surface area (TPSA) is 99.9 Å². The number of hydrogen-bond acceptors (Lipinski definition) is 8. The molecule has 3 rings (SSSR count). The zero-order valence-electron chi connectivity index (χ0n) is 16.9. The van der Waals surface area contributed by atoms with Crippen LogP contribution in [0.25, 0.3) is 0 Å². The SMILES string of the molecule is CCOC(=O)Cc1csc(NC(=O)c2ccc(Cc3cc(OC)ccc3OC)o2)n1. The average Bonchev–Trinajstić information content (AvgIpc) is 3.37. The quantitative estimate of drug-likeness (QED) is 0.517. The van der Waals surface area contributed by atoms with Gasteiger partial charge in [0.1, 0.15) is 17.3 Å². The number of ether oxygens (including phenoxy) is 3. The lowest BCUT2D eigenvalue weighted by Gasteiger charge is -2.09. The Labute approximate surface area is 177 Å². The second-order valence-electron chi connectivity index (χ2n) is 6.20. The van der Waals surface area contributed by atoms with Gasteiger partial charge in [-0.25, -0.2) is 4.98 Å². The Kier molecular flexibility index (Phi) is 7.08. The minimum Gasteiger partial charge on any atom is -0.497 e. The molecule has 8 nitrogen and oxygen atoms in total. The molecule has 0 fully saturated rings. The van der Waals surface area contributed by atoms with Gasteiger partial charge < -0.3 is 18.6 Å². The Hall–Kier alpha value is -3.33. The highest BCUT2D eigenvalue weighted by Gasteiger charge is 2.16. The van der Waals surface area contributed by atoms with Gasteiger partial charge in [-0.05, 0) is 37.3 Å². The number of furan rings is 1. The number of nitrogens with zero attached hydrogens (tertiary/aromatic N) is 1. The maximum absolute atomic E-state index is 12.5. The zero-order chi connectivity index (χ0) is 21.5. The van der Waals surface area contributed by atoms with Crippen LogP contribution in [0.15, 0.2) is 40.1 Å². The van der Waals surface area contributed by atoms with E-state index >= 15 is 0 Å². The van der Waals surface area contributed by atoms with Crippen LogP contribution < -0.4 is 14.8 Å². The first-order valence-corrected chi connectivity index (χ1v) is 10.1. The van der Waals surface area contributed by atoms with Crippen molar-refractivity contribution in [1.82, 2.24) is 4.98 Å². The highest BCUT2D eigenvalue weighted by molar-refractivity contribution is 7.14. The number of anilines is 1. The van der Waals surface area contributed by atoms with Crippen molar-refractivity contribution >= 4 is 28.3 Å². The summed E-state index contributed by atoms with van der Waals surface area (Å²) in [4.78, 5) is 28.2. The summed E-state index contributed by atoms with van der Waals surface area (Å²) in [5, 5.41) is 4.76. The number of esters is 1. The molecule has 158 valence electrons. The van der Waals surface area contributed by atoms with Crippen molar-refractivity contribution in [2.45, 2.75) is 19.8 Å². The van der Waals surface area contributed by atoms with E-state index in [9.17, 15) is 9.59 Å². The first-order chi connectivity index (χ1) is 14.5. The number of methoxy groups -OCH3 is 2. The number of carbonyl (C=O) groups is 2. The molecule has 0 unspecified atom stereocenters. The lowest BCUT2D eigenvalue weighted by molar-refractivity contribution is -0.142. The maximum atomic E-state index is 12.5. The summed E-state index contributed by atoms with van der Waals surface area (Å²) in [6.45, 7) is 2.06.